The number of aromatic nitrogens is 2. The van der Waals surface area contributed by atoms with Crippen molar-refractivity contribution in [3.8, 4) is 11.3 Å². The number of benzene rings is 1. The average Bonchev–Trinajstić information content (AvgIpc) is 2.48. The highest BCUT2D eigenvalue weighted by Gasteiger charge is 2.36. The lowest BCUT2D eigenvalue weighted by Crippen LogP contribution is -2.11. The lowest BCUT2D eigenvalue weighted by molar-refractivity contribution is -0.137. The summed E-state index contributed by atoms with van der Waals surface area (Å²) in [5.41, 5.74) is -2.98. The van der Waals surface area contributed by atoms with E-state index in [1.165, 1.54) is 0 Å². The molecule has 4 nitrogen and oxygen atoms in total. The second-order valence-corrected chi connectivity index (χ2v) is 4.47. The number of rotatable bonds is 2. The van der Waals surface area contributed by atoms with Crippen LogP contribution < -0.4 is 0 Å². The molecular formula is C13H7ClF4N2O2. The molecule has 2 aromatic rings. The van der Waals surface area contributed by atoms with Gasteiger partial charge in [-0.05, 0) is 12.1 Å². The molecule has 1 heterocycles. The van der Waals surface area contributed by atoms with Gasteiger partial charge in [-0.1, -0.05) is 11.6 Å². The molecule has 0 atom stereocenters. The van der Waals surface area contributed by atoms with Gasteiger partial charge in [-0.3, -0.25) is 4.98 Å². The molecule has 22 heavy (non-hydrogen) atoms. The van der Waals surface area contributed by atoms with E-state index in [0.717, 1.165) is 25.6 Å². The first-order valence-corrected chi connectivity index (χ1v) is 6.09. The summed E-state index contributed by atoms with van der Waals surface area (Å²) in [6.45, 7) is 0. The average molecular weight is 335 g/mol. The quantitative estimate of drug-likeness (QED) is 0.620. The lowest BCUT2D eigenvalue weighted by atomic mass is 10.0. The van der Waals surface area contributed by atoms with Crippen LogP contribution in [-0.2, 0) is 10.9 Å². The van der Waals surface area contributed by atoms with E-state index in [0.29, 0.717) is 6.07 Å². The fourth-order valence-corrected chi connectivity index (χ4v) is 1.88. The van der Waals surface area contributed by atoms with Crippen molar-refractivity contribution in [1.82, 2.24) is 9.97 Å². The van der Waals surface area contributed by atoms with Gasteiger partial charge in [-0.25, -0.2) is 14.2 Å². The lowest BCUT2D eigenvalue weighted by Gasteiger charge is -2.14. The van der Waals surface area contributed by atoms with E-state index in [4.69, 9.17) is 11.6 Å². The van der Waals surface area contributed by atoms with Crippen LogP contribution in [0.1, 0.15) is 16.1 Å². The van der Waals surface area contributed by atoms with Crippen LogP contribution in [0.3, 0.4) is 0 Å². The molecule has 0 aliphatic rings. The van der Waals surface area contributed by atoms with Crippen molar-refractivity contribution in [2.75, 3.05) is 7.11 Å². The molecule has 9 heteroatoms. The van der Waals surface area contributed by atoms with Gasteiger partial charge in [0.25, 0.3) is 0 Å². The summed E-state index contributed by atoms with van der Waals surface area (Å²) in [6, 6.07) is 1.42. The zero-order valence-corrected chi connectivity index (χ0v) is 11.7. The third kappa shape index (κ3) is 3.01. The van der Waals surface area contributed by atoms with E-state index in [1.807, 2.05) is 0 Å². The molecule has 1 aromatic heterocycles. The third-order valence-electron chi connectivity index (χ3n) is 2.69. The Morgan fingerprint density at radius 1 is 1.27 bits per heavy atom. The van der Waals surface area contributed by atoms with Crippen LogP contribution in [-0.4, -0.2) is 23.0 Å². The molecular weight excluding hydrogens is 328 g/mol. The van der Waals surface area contributed by atoms with Crippen molar-refractivity contribution in [2.24, 2.45) is 0 Å². The molecule has 1 aromatic carbocycles. The van der Waals surface area contributed by atoms with Gasteiger partial charge in [0, 0.05) is 0 Å². The molecule has 0 bridgehead atoms. The number of hydrogen-bond acceptors (Lipinski definition) is 4. The highest BCUT2D eigenvalue weighted by atomic mass is 35.5. The first-order valence-electron chi connectivity index (χ1n) is 5.71. The number of carbonyl (C=O) groups excluding carboxylic acids is 1. The first kappa shape index (κ1) is 16.2. The maximum Gasteiger partial charge on any atom is 0.417 e. The van der Waals surface area contributed by atoms with E-state index in [2.05, 4.69) is 14.7 Å². The molecule has 0 spiro atoms. The largest absolute Gasteiger partial charge is 0.464 e. The van der Waals surface area contributed by atoms with Crippen LogP contribution in [0.4, 0.5) is 17.6 Å². The molecule has 0 aliphatic carbocycles. The second-order valence-electron chi connectivity index (χ2n) is 4.06. The maximum absolute atomic E-state index is 14.1. The smallest absolute Gasteiger partial charge is 0.417 e. The summed E-state index contributed by atoms with van der Waals surface area (Å²) >= 11 is 5.53. The number of esters is 1. The standard InChI is InChI=1S/C13H7ClF4N2O2/c1-22-12(21)9-5-19-4-8(20-9)10-6(13(16,17)18)2-3-7(14)11(10)15/h2-5H,1H3. The summed E-state index contributed by atoms with van der Waals surface area (Å²) in [7, 11) is 1.07. The van der Waals surface area contributed by atoms with Gasteiger partial charge in [0.2, 0.25) is 0 Å². The monoisotopic (exact) mass is 334 g/mol. The number of carbonyl (C=O) groups is 1. The van der Waals surface area contributed by atoms with Crippen LogP contribution in [0.15, 0.2) is 24.5 Å². The summed E-state index contributed by atoms with van der Waals surface area (Å²) in [4.78, 5) is 18.6. The predicted octanol–water partition coefficient (Wildman–Crippen LogP) is 3.74. The minimum atomic E-state index is -4.83. The van der Waals surface area contributed by atoms with E-state index in [9.17, 15) is 22.4 Å². The predicted molar refractivity (Wildman–Crippen MR) is 68.8 cm³/mol. The van der Waals surface area contributed by atoms with Crippen LogP contribution in [0, 0.1) is 5.82 Å². The van der Waals surface area contributed by atoms with Gasteiger partial charge < -0.3 is 4.74 Å². The molecule has 0 aliphatic heterocycles. The molecule has 0 saturated carbocycles. The van der Waals surface area contributed by atoms with Gasteiger partial charge in [0.05, 0.1) is 41.3 Å². The molecule has 116 valence electrons. The Hall–Kier alpha value is -2.22. The SMILES string of the molecule is COC(=O)c1cncc(-c2c(C(F)(F)F)ccc(Cl)c2F)n1. The van der Waals surface area contributed by atoms with Gasteiger partial charge in [-0.15, -0.1) is 0 Å². The zero-order chi connectivity index (χ0) is 16.5. The van der Waals surface area contributed by atoms with Crippen LogP contribution in [0.5, 0.6) is 0 Å². The highest BCUT2D eigenvalue weighted by molar-refractivity contribution is 6.31. The van der Waals surface area contributed by atoms with Crippen LogP contribution >= 0.6 is 11.6 Å². The maximum atomic E-state index is 14.1. The summed E-state index contributed by atoms with van der Waals surface area (Å²) in [5.74, 6) is -2.21. The Morgan fingerprint density at radius 2 is 1.95 bits per heavy atom. The van der Waals surface area contributed by atoms with Gasteiger partial charge in [0.15, 0.2) is 11.5 Å². The van der Waals surface area contributed by atoms with E-state index in [1.54, 1.807) is 0 Å². The fourth-order valence-electron chi connectivity index (χ4n) is 1.73. The third-order valence-corrected chi connectivity index (χ3v) is 2.98. The van der Waals surface area contributed by atoms with Gasteiger partial charge in [0.1, 0.15) is 0 Å². The minimum Gasteiger partial charge on any atom is -0.464 e. The number of halogens is 5. The van der Waals surface area contributed by atoms with Crippen molar-refractivity contribution in [2.45, 2.75) is 6.18 Å². The number of methoxy groups -OCH3 is 1. The second kappa shape index (κ2) is 5.88. The van der Waals surface area contributed by atoms with Crippen molar-refractivity contribution < 1.29 is 27.1 Å². The highest BCUT2D eigenvalue weighted by Crippen LogP contribution is 2.39. The number of alkyl halides is 3. The molecule has 0 unspecified atom stereocenters. The fraction of sp³-hybridized carbons (Fsp3) is 0.154. The van der Waals surface area contributed by atoms with E-state index < -0.39 is 39.8 Å². The first-order chi connectivity index (χ1) is 10.3. The Morgan fingerprint density at radius 3 is 2.55 bits per heavy atom. The Bertz CT molecular complexity index is 734. The summed E-state index contributed by atoms with van der Waals surface area (Å²) in [5, 5.41) is -0.506. The molecule has 0 amide bonds. The minimum absolute atomic E-state index is 0.354. The Balaban J connectivity index is 2.71. The molecule has 2 rings (SSSR count). The normalized spacial score (nSPS) is 11.4. The van der Waals surface area contributed by atoms with Gasteiger partial charge >= 0.3 is 12.1 Å². The van der Waals surface area contributed by atoms with Crippen molar-refractivity contribution in [3.05, 3.63) is 46.6 Å². The van der Waals surface area contributed by atoms with Crippen molar-refractivity contribution in [3.63, 3.8) is 0 Å². The Kier molecular flexibility index (Phi) is 4.32. The molecule has 0 saturated heterocycles. The van der Waals surface area contributed by atoms with Crippen LogP contribution in [0.25, 0.3) is 11.3 Å². The number of ether oxygens (including phenoxy) is 1. The molecule has 0 radical (unpaired) electrons. The topological polar surface area (TPSA) is 52.1 Å². The summed E-state index contributed by atoms with van der Waals surface area (Å²) < 4.78 is 57.5. The van der Waals surface area contributed by atoms with Crippen LogP contribution in [0.2, 0.25) is 5.02 Å². The number of nitrogens with zero attached hydrogens (tertiary/aromatic N) is 2. The van der Waals surface area contributed by atoms with Crippen molar-refractivity contribution in [1.29, 1.82) is 0 Å². The van der Waals surface area contributed by atoms with Gasteiger partial charge in [-0.2, -0.15) is 13.2 Å². The summed E-state index contributed by atoms with van der Waals surface area (Å²) in [6.07, 6.45) is -2.94. The molecule has 0 fully saturated rings. The van der Waals surface area contributed by atoms with Crippen molar-refractivity contribution >= 4 is 17.6 Å². The molecule has 0 N–H and O–H groups in total. The van der Waals surface area contributed by atoms with E-state index in [-0.39, 0.29) is 5.69 Å². The number of hydrogen-bond donors (Lipinski definition) is 0. The zero-order valence-electron chi connectivity index (χ0n) is 10.9. The Labute approximate surface area is 126 Å². The van der Waals surface area contributed by atoms with E-state index >= 15 is 0 Å².